The number of alkyl carbamates (subject to hydrolysis) is 1. The second kappa shape index (κ2) is 8.13. The van der Waals surface area contributed by atoms with E-state index < -0.39 is 28.8 Å². The fourth-order valence-corrected chi connectivity index (χ4v) is 2.16. The number of nitrogens with two attached hydrogens (primary N) is 1. The highest BCUT2D eigenvalue weighted by atomic mass is 16.6. The van der Waals surface area contributed by atoms with Gasteiger partial charge in [-0.15, -0.1) is 0 Å². The SMILES string of the molecule is Cc1cc([N+](=O)[O-])cc(C(O)C(O)CCNC(=O)OC(C)(C)C)c1N. The summed E-state index contributed by atoms with van der Waals surface area (Å²) in [7, 11) is 0. The van der Waals surface area contributed by atoms with Crippen LogP contribution in [0.5, 0.6) is 0 Å². The molecule has 0 radical (unpaired) electrons. The largest absolute Gasteiger partial charge is 0.444 e. The standard InChI is InChI=1S/C16H25N3O6/c1-9-7-10(19(23)24)8-11(13(9)17)14(21)12(20)5-6-18-15(22)25-16(2,3)4/h7-8,12,14,20-21H,5-6,17H2,1-4H3,(H,18,22). The number of aliphatic hydroxyl groups is 2. The molecule has 0 saturated heterocycles. The Hall–Kier alpha value is -2.39. The number of hydrogen-bond donors (Lipinski definition) is 4. The van der Waals surface area contributed by atoms with Gasteiger partial charge in [-0.05, 0) is 39.7 Å². The molecule has 9 nitrogen and oxygen atoms in total. The van der Waals surface area contributed by atoms with Crippen LogP contribution in [0.25, 0.3) is 0 Å². The number of hydrogen-bond acceptors (Lipinski definition) is 7. The van der Waals surface area contributed by atoms with Gasteiger partial charge in [-0.3, -0.25) is 10.1 Å². The molecule has 1 rings (SSSR count). The van der Waals surface area contributed by atoms with Crippen molar-refractivity contribution in [3.63, 3.8) is 0 Å². The van der Waals surface area contributed by atoms with Crippen LogP contribution in [0.1, 0.15) is 44.4 Å². The van der Waals surface area contributed by atoms with Crippen LogP contribution >= 0.6 is 0 Å². The van der Waals surface area contributed by atoms with Gasteiger partial charge in [0.2, 0.25) is 0 Å². The van der Waals surface area contributed by atoms with Crippen molar-refractivity contribution >= 4 is 17.5 Å². The summed E-state index contributed by atoms with van der Waals surface area (Å²) in [5, 5.41) is 33.7. The summed E-state index contributed by atoms with van der Waals surface area (Å²) in [6, 6.07) is 2.43. The summed E-state index contributed by atoms with van der Waals surface area (Å²) in [6.07, 6.45) is -3.31. The maximum atomic E-state index is 11.5. The predicted molar refractivity (Wildman–Crippen MR) is 92.1 cm³/mol. The minimum absolute atomic E-state index is 0.0155. The first-order valence-electron chi connectivity index (χ1n) is 7.79. The highest BCUT2D eigenvalue weighted by Crippen LogP contribution is 2.31. The second-order valence-corrected chi connectivity index (χ2v) is 6.75. The molecule has 2 atom stereocenters. The van der Waals surface area contributed by atoms with Crippen molar-refractivity contribution in [2.75, 3.05) is 12.3 Å². The van der Waals surface area contributed by atoms with E-state index in [1.165, 1.54) is 6.07 Å². The first-order chi connectivity index (χ1) is 11.4. The number of nitrogens with one attached hydrogen (secondary N) is 1. The Labute approximate surface area is 145 Å². The number of ether oxygens (including phenoxy) is 1. The minimum atomic E-state index is -1.42. The van der Waals surface area contributed by atoms with Crippen LogP contribution in [-0.4, -0.2) is 39.5 Å². The number of nitro groups is 1. The number of anilines is 1. The van der Waals surface area contributed by atoms with Crippen LogP contribution < -0.4 is 11.1 Å². The summed E-state index contributed by atoms with van der Waals surface area (Å²) >= 11 is 0. The number of nitro benzene ring substituents is 1. The number of carbonyl (C=O) groups excluding carboxylic acids is 1. The smallest absolute Gasteiger partial charge is 0.407 e. The Morgan fingerprint density at radius 2 is 2.00 bits per heavy atom. The number of nitrogen functional groups attached to an aromatic ring is 1. The molecule has 9 heteroatoms. The lowest BCUT2D eigenvalue weighted by atomic mass is 9.97. The average molecular weight is 355 g/mol. The van der Waals surface area contributed by atoms with Gasteiger partial charge in [-0.25, -0.2) is 4.79 Å². The highest BCUT2D eigenvalue weighted by molar-refractivity contribution is 5.67. The third-order valence-corrected chi connectivity index (χ3v) is 3.41. The van der Waals surface area contributed by atoms with Gasteiger partial charge in [0.05, 0.1) is 11.0 Å². The molecule has 0 aromatic heterocycles. The van der Waals surface area contributed by atoms with Crippen molar-refractivity contribution in [2.45, 2.75) is 51.9 Å². The molecule has 0 spiro atoms. The lowest BCUT2D eigenvalue weighted by Gasteiger charge is -2.22. The van der Waals surface area contributed by atoms with Crippen molar-refractivity contribution in [1.29, 1.82) is 0 Å². The van der Waals surface area contributed by atoms with Crippen LogP contribution in [0.3, 0.4) is 0 Å². The van der Waals surface area contributed by atoms with Crippen LogP contribution in [0.2, 0.25) is 0 Å². The van der Waals surface area contributed by atoms with E-state index in [2.05, 4.69) is 5.32 Å². The Kier molecular flexibility index (Phi) is 6.71. The maximum absolute atomic E-state index is 11.5. The summed E-state index contributed by atoms with van der Waals surface area (Å²) in [5.41, 5.74) is 5.68. The summed E-state index contributed by atoms with van der Waals surface area (Å²) in [4.78, 5) is 21.9. The Balaban J connectivity index is 2.72. The van der Waals surface area contributed by atoms with E-state index in [-0.39, 0.29) is 29.9 Å². The first kappa shape index (κ1) is 20.7. The van der Waals surface area contributed by atoms with Gasteiger partial charge in [0.1, 0.15) is 11.7 Å². The van der Waals surface area contributed by atoms with Gasteiger partial charge >= 0.3 is 6.09 Å². The minimum Gasteiger partial charge on any atom is -0.444 e. The van der Waals surface area contributed by atoms with Crippen LogP contribution in [-0.2, 0) is 4.74 Å². The van der Waals surface area contributed by atoms with Crippen molar-refractivity contribution in [3.05, 3.63) is 33.4 Å². The van der Waals surface area contributed by atoms with Gasteiger partial charge in [-0.1, -0.05) is 0 Å². The predicted octanol–water partition coefficient (Wildman–Crippen LogP) is 1.79. The molecule has 0 heterocycles. The lowest BCUT2D eigenvalue weighted by molar-refractivity contribution is -0.385. The zero-order valence-electron chi connectivity index (χ0n) is 14.8. The van der Waals surface area contributed by atoms with Crippen molar-refractivity contribution in [3.8, 4) is 0 Å². The average Bonchev–Trinajstić information content (AvgIpc) is 2.46. The molecular formula is C16H25N3O6. The third-order valence-electron chi connectivity index (χ3n) is 3.41. The molecule has 0 saturated carbocycles. The molecule has 0 bridgehead atoms. The molecule has 0 aliphatic carbocycles. The number of aryl methyl sites for hydroxylation is 1. The Morgan fingerprint density at radius 1 is 1.40 bits per heavy atom. The highest BCUT2D eigenvalue weighted by Gasteiger charge is 2.24. The van der Waals surface area contributed by atoms with Crippen LogP contribution in [0, 0.1) is 17.0 Å². The van der Waals surface area contributed by atoms with Crippen LogP contribution in [0.4, 0.5) is 16.2 Å². The number of aliphatic hydroxyl groups excluding tert-OH is 2. The third kappa shape index (κ3) is 6.20. The molecule has 1 aromatic carbocycles. The van der Waals surface area contributed by atoms with Crippen molar-refractivity contribution in [1.82, 2.24) is 5.32 Å². The van der Waals surface area contributed by atoms with E-state index in [0.29, 0.717) is 5.56 Å². The van der Waals surface area contributed by atoms with Crippen LogP contribution in [0.15, 0.2) is 12.1 Å². The van der Waals surface area contributed by atoms with Crippen molar-refractivity contribution in [2.24, 2.45) is 0 Å². The summed E-state index contributed by atoms with van der Waals surface area (Å²) in [6.45, 7) is 6.80. The Bertz CT molecular complexity index is 641. The molecular weight excluding hydrogens is 330 g/mol. The zero-order chi connectivity index (χ0) is 19.4. The first-order valence-corrected chi connectivity index (χ1v) is 7.79. The molecule has 2 unspecified atom stereocenters. The van der Waals surface area contributed by atoms with E-state index >= 15 is 0 Å². The van der Waals surface area contributed by atoms with E-state index in [1.54, 1.807) is 27.7 Å². The second-order valence-electron chi connectivity index (χ2n) is 6.75. The zero-order valence-corrected chi connectivity index (χ0v) is 14.8. The normalized spacial score (nSPS) is 13.8. The molecule has 5 N–H and O–H groups in total. The molecule has 1 aromatic rings. The number of carbonyl (C=O) groups is 1. The lowest BCUT2D eigenvalue weighted by Crippen LogP contribution is -2.34. The van der Waals surface area contributed by atoms with E-state index in [4.69, 9.17) is 10.5 Å². The number of non-ortho nitro benzene ring substituents is 1. The summed E-state index contributed by atoms with van der Waals surface area (Å²) in [5.74, 6) is 0. The molecule has 1 amide bonds. The molecule has 0 aliphatic rings. The molecule has 140 valence electrons. The quantitative estimate of drug-likeness (QED) is 0.345. The number of rotatable bonds is 6. The van der Waals surface area contributed by atoms with Gasteiger partial charge in [-0.2, -0.15) is 0 Å². The van der Waals surface area contributed by atoms with E-state index in [0.717, 1.165) is 6.07 Å². The number of benzene rings is 1. The van der Waals surface area contributed by atoms with Gasteiger partial charge in [0.15, 0.2) is 0 Å². The fraction of sp³-hybridized carbons (Fsp3) is 0.562. The van der Waals surface area contributed by atoms with Gasteiger partial charge < -0.3 is 26.0 Å². The molecule has 25 heavy (non-hydrogen) atoms. The monoisotopic (exact) mass is 355 g/mol. The summed E-state index contributed by atoms with van der Waals surface area (Å²) < 4.78 is 5.05. The van der Waals surface area contributed by atoms with E-state index in [1.807, 2.05) is 0 Å². The Morgan fingerprint density at radius 3 is 2.52 bits per heavy atom. The molecule has 0 fully saturated rings. The maximum Gasteiger partial charge on any atom is 0.407 e. The topological polar surface area (TPSA) is 148 Å². The van der Waals surface area contributed by atoms with E-state index in [9.17, 15) is 25.1 Å². The van der Waals surface area contributed by atoms with Crippen molar-refractivity contribution < 1.29 is 24.7 Å². The molecule has 0 aliphatic heterocycles. The van der Waals surface area contributed by atoms with Gasteiger partial charge in [0.25, 0.3) is 5.69 Å². The number of amides is 1. The fourth-order valence-electron chi connectivity index (χ4n) is 2.16. The van der Waals surface area contributed by atoms with Gasteiger partial charge in [0, 0.05) is 29.9 Å². The number of nitrogens with zero attached hydrogens (tertiary/aromatic N) is 1.